The molecule has 1 aromatic carbocycles. The second-order valence-electron chi connectivity index (χ2n) is 6.26. The van der Waals surface area contributed by atoms with E-state index in [4.69, 9.17) is 4.74 Å². The third kappa shape index (κ3) is 5.05. The van der Waals surface area contributed by atoms with Crippen LogP contribution in [0.2, 0.25) is 0 Å². The quantitative estimate of drug-likeness (QED) is 0.576. The Morgan fingerprint density at radius 1 is 1.30 bits per heavy atom. The minimum absolute atomic E-state index is 0.168. The molecule has 0 atom stereocenters. The van der Waals surface area contributed by atoms with E-state index in [-0.39, 0.29) is 5.75 Å². The molecular formula is C18H29N3O2. The van der Waals surface area contributed by atoms with Gasteiger partial charge in [-0.25, -0.2) is 4.99 Å². The maximum absolute atomic E-state index is 10.1. The molecule has 0 radical (unpaired) electrons. The van der Waals surface area contributed by atoms with Crippen LogP contribution >= 0.6 is 0 Å². The molecule has 0 unspecified atom stereocenters. The van der Waals surface area contributed by atoms with Gasteiger partial charge in [0.05, 0.1) is 13.7 Å². The van der Waals surface area contributed by atoms with Gasteiger partial charge in [0, 0.05) is 18.2 Å². The van der Waals surface area contributed by atoms with Crippen LogP contribution in [-0.4, -0.2) is 30.8 Å². The van der Waals surface area contributed by atoms with Crippen molar-refractivity contribution in [2.24, 2.45) is 10.9 Å². The molecule has 128 valence electrons. The van der Waals surface area contributed by atoms with Crippen LogP contribution in [0.15, 0.2) is 23.2 Å². The van der Waals surface area contributed by atoms with Crippen LogP contribution in [-0.2, 0) is 6.54 Å². The molecule has 1 aliphatic rings. The third-order valence-electron chi connectivity index (χ3n) is 4.41. The highest BCUT2D eigenvalue weighted by Crippen LogP contribution is 2.29. The number of rotatable bonds is 5. The lowest BCUT2D eigenvalue weighted by molar-refractivity contribution is 0.329. The highest BCUT2D eigenvalue weighted by Gasteiger charge is 2.19. The number of ether oxygens (including phenoxy) is 1. The fourth-order valence-electron chi connectivity index (χ4n) is 2.94. The van der Waals surface area contributed by atoms with Crippen LogP contribution in [0.3, 0.4) is 0 Å². The second kappa shape index (κ2) is 8.65. The Labute approximate surface area is 139 Å². The summed E-state index contributed by atoms with van der Waals surface area (Å²) in [5.41, 5.74) is 0.763. The van der Waals surface area contributed by atoms with E-state index in [9.17, 15) is 5.11 Å². The zero-order chi connectivity index (χ0) is 16.7. The molecule has 0 saturated heterocycles. The molecule has 3 N–H and O–H groups in total. The van der Waals surface area contributed by atoms with Gasteiger partial charge in [0.25, 0.3) is 0 Å². The van der Waals surface area contributed by atoms with Crippen LogP contribution in [0.5, 0.6) is 11.5 Å². The number of methoxy groups -OCH3 is 1. The number of benzene rings is 1. The maximum atomic E-state index is 10.1. The van der Waals surface area contributed by atoms with Crippen LogP contribution in [0.1, 0.15) is 45.1 Å². The number of hydrogen-bond acceptors (Lipinski definition) is 3. The number of guanidine groups is 1. The Bertz CT molecular complexity index is 523. The highest BCUT2D eigenvalue weighted by atomic mass is 16.5. The van der Waals surface area contributed by atoms with Crippen molar-refractivity contribution in [3.8, 4) is 11.5 Å². The fraction of sp³-hybridized carbons (Fsp3) is 0.611. The molecule has 1 fully saturated rings. The summed E-state index contributed by atoms with van der Waals surface area (Å²) in [5, 5.41) is 17.0. The van der Waals surface area contributed by atoms with Gasteiger partial charge in [0.15, 0.2) is 17.5 Å². The van der Waals surface area contributed by atoms with Gasteiger partial charge in [-0.1, -0.05) is 19.1 Å². The van der Waals surface area contributed by atoms with E-state index < -0.39 is 0 Å². The van der Waals surface area contributed by atoms with Crippen LogP contribution < -0.4 is 15.4 Å². The average Bonchev–Trinajstić information content (AvgIpc) is 2.56. The van der Waals surface area contributed by atoms with E-state index in [2.05, 4.69) is 29.5 Å². The Balaban J connectivity index is 2.01. The molecule has 5 heteroatoms. The zero-order valence-electron chi connectivity index (χ0n) is 14.4. The summed E-state index contributed by atoms with van der Waals surface area (Å²) in [6.07, 6.45) is 4.92. The molecule has 1 aromatic rings. The van der Waals surface area contributed by atoms with E-state index in [0.29, 0.717) is 18.3 Å². The molecule has 23 heavy (non-hydrogen) atoms. The van der Waals surface area contributed by atoms with Gasteiger partial charge < -0.3 is 20.5 Å². The fourth-order valence-corrected chi connectivity index (χ4v) is 2.94. The van der Waals surface area contributed by atoms with E-state index >= 15 is 0 Å². The van der Waals surface area contributed by atoms with Crippen molar-refractivity contribution in [2.45, 2.75) is 52.1 Å². The Hall–Kier alpha value is -1.91. The van der Waals surface area contributed by atoms with Crippen molar-refractivity contribution < 1.29 is 9.84 Å². The SMILES string of the molecule is CCNC(=NCc1cccc(OC)c1O)NC1CCC(C)CC1. The average molecular weight is 319 g/mol. The van der Waals surface area contributed by atoms with Crippen molar-refractivity contribution in [3.63, 3.8) is 0 Å². The van der Waals surface area contributed by atoms with Crippen LogP contribution in [0, 0.1) is 5.92 Å². The van der Waals surface area contributed by atoms with Gasteiger partial charge in [0.1, 0.15) is 0 Å². The summed E-state index contributed by atoms with van der Waals surface area (Å²) in [5.74, 6) is 2.30. The number of aromatic hydroxyl groups is 1. The first-order chi connectivity index (χ1) is 11.1. The van der Waals surface area contributed by atoms with Gasteiger partial charge in [-0.15, -0.1) is 0 Å². The molecule has 1 saturated carbocycles. The molecular weight excluding hydrogens is 290 g/mol. The lowest BCUT2D eigenvalue weighted by Gasteiger charge is -2.28. The number of nitrogens with one attached hydrogen (secondary N) is 2. The second-order valence-corrected chi connectivity index (χ2v) is 6.26. The first-order valence-electron chi connectivity index (χ1n) is 8.53. The topological polar surface area (TPSA) is 65.9 Å². The molecule has 5 nitrogen and oxygen atoms in total. The molecule has 0 aromatic heterocycles. The number of phenols is 1. The smallest absolute Gasteiger partial charge is 0.191 e. The van der Waals surface area contributed by atoms with Crippen LogP contribution in [0.25, 0.3) is 0 Å². The van der Waals surface area contributed by atoms with Crippen molar-refractivity contribution >= 4 is 5.96 Å². The summed E-state index contributed by atoms with van der Waals surface area (Å²) in [6, 6.07) is 5.97. The Morgan fingerprint density at radius 2 is 2.04 bits per heavy atom. The first kappa shape index (κ1) is 17.4. The van der Waals surface area contributed by atoms with Gasteiger partial charge in [-0.05, 0) is 44.6 Å². The summed E-state index contributed by atoms with van der Waals surface area (Å²) in [6.45, 7) is 5.62. The summed E-state index contributed by atoms with van der Waals surface area (Å²) >= 11 is 0. The minimum Gasteiger partial charge on any atom is -0.504 e. The summed E-state index contributed by atoms with van der Waals surface area (Å²) in [7, 11) is 1.55. The summed E-state index contributed by atoms with van der Waals surface area (Å²) < 4.78 is 5.14. The molecule has 0 spiro atoms. The van der Waals surface area contributed by atoms with Crippen molar-refractivity contribution in [1.29, 1.82) is 0 Å². The molecule has 0 bridgehead atoms. The number of hydrogen-bond donors (Lipinski definition) is 3. The van der Waals surface area contributed by atoms with Gasteiger partial charge in [0.2, 0.25) is 0 Å². The number of aliphatic imine (C=N–C) groups is 1. The predicted molar refractivity (Wildman–Crippen MR) is 94.0 cm³/mol. The van der Waals surface area contributed by atoms with Crippen molar-refractivity contribution in [1.82, 2.24) is 10.6 Å². The molecule has 2 rings (SSSR count). The number of nitrogens with zero attached hydrogens (tertiary/aromatic N) is 1. The highest BCUT2D eigenvalue weighted by molar-refractivity contribution is 5.80. The van der Waals surface area contributed by atoms with E-state index in [0.717, 1.165) is 24.0 Å². The number of para-hydroxylation sites is 1. The molecule has 0 aliphatic heterocycles. The Kier molecular flexibility index (Phi) is 6.56. The molecule has 0 heterocycles. The van der Waals surface area contributed by atoms with E-state index in [1.165, 1.54) is 25.7 Å². The lowest BCUT2D eigenvalue weighted by Crippen LogP contribution is -2.44. The summed E-state index contributed by atoms with van der Waals surface area (Å²) in [4.78, 5) is 4.61. The molecule has 1 aliphatic carbocycles. The van der Waals surface area contributed by atoms with E-state index in [1.807, 2.05) is 12.1 Å². The van der Waals surface area contributed by atoms with E-state index in [1.54, 1.807) is 13.2 Å². The van der Waals surface area contributed by atoms with Crippen LogP contribution in [0.4, 0.5) is 0 Å². The van der Waals surface area contributed by atoms with Gasteiger partial charge in [-0.2, -0.15) is 0 Å². The van der Waals surface area contributed by atoms with Gasteiger partial charge >= 0.3 is 0 Å². The minimum atomic E-state index is 0.168. The van der Waals surface area contributed by atoms with Crippen molar-refractivity contribution in [3.05, 3.63) is 23.8 Å². The largest absolute Gasteiger partial charge is 0.504 e. The zero-order valence-corrected chi connectivity index (χ0v) is 14.4. The maximum Gasteiger partial charge on any atom is 0.191 e. The first-order valence-corrected chi connectivity index (χ1v) is 8.53. The monoisotopic (exact) mass is 319 g/mol. The number of phenolic OH excluding ortho intramolecular Hbond substituents is 1. The standard InChI is InChI=1S/C18H29N3O2/c1-4-19-18(21-15-10-8-13(2)9-11-15)20-12-14-6-5-7-16(23-3)17(14)22/h5-7,13,15,22H,4,8-12H2,1-3H3,(H2,19,20,21). The molecule has 0 amide bonds. The normalized spacial score (nSPS) is 21.8. The predicted octanol–water partition coefficient (Wildman–Crippen LogP) is 3.03. The lowest BCUT2D eigenvalue weighted by atomic mass is 9.87. The van der Waals surface area contributed by atoms with Gasteiger partial charge in [-0.3, -0.25) is 0 Å². The Morgan fingerprint density at radius 3 is 2.70 bits per heavy atom. The third-order valence-corrected chi connectivity index (χ3v) is 4.41. The van der Waals surface area contributed by atoms with Crippen molar-refractivity contribution in [2.75, 3.05) is 13.7 Å².